The Hall–Kier alpha value is -2.15. The van der Waals surface area contributed by atoms with Crippen LogP contribution in [0, 0.1) is 0 Å². The van der Waals surface area contributed by atoms with Gasteiger partial charge in [0.2, 0.25) is 0 Å². The number of aryl methyl sites for hydroxylation is 1. The second-order valence-electron chi connectivity index (χ2n) is 6.65. The van der Waals surface area contributed by atoms with Crippen molar-refractivity contribution in [3.63, 3.8) is 0 Å². The third-order valence-electron chi connectivity index (χ3n) is 4.78. The Bertz CT molecular complexity index is 742. The first-order valence-corrected chi connectivity index (χ1v) is 8.17. The van der Waals surface area contributed by atoms with Gasteiger partial charge in [0.25, 0.3) is 5.91 Å². The highest BCUT2D eigenvalue weighted by Crippen LogP contribution is 2.38. The van der Waals surface area contributed by atoms with Crippen LogP contribution in [0.3, 0.4) is 0 Å². The van der Waals surface area contributed by atoms with Crippen molar-refractivity contribution in [2.45, 2.75) is 38.3 Å². The highest BCUT2D eigenvalue weighted by Gasteiger charge is 2.27. The smallest absolute Gasteiger partial charge is 0.272 e. The fraction of sp³-hybridized carbons (Fsp3) is 0.562. The molecule has 0 unspecified atom stereocenters. The molecule has 7 heteroatoms. The van der Waals surface area contributed by atoms with Gasteiger partial charge in [-0.25, -0.2) is 0 Å². The largest absolute Gasteiger partial charge is 0.345 e. The zero-order chi connectivity index (χ0) is 16.0. The zero-order valence-electron chi connectivity index (χ0n) is 13.6. The number of nitrogens with one attached hydrogen (secondary N) is 2. The van der Waals surface area contributed by atoms with Crippen molar-refractivity contribution in [3.8, 4) is 0 Å². The predicted molar refractivity (Wildman–Crippen MR) is 85.0 cm³/mol. The Morgan fingerprint density at radius 2 is 2.26 bits per heavy atom. The molecule has 1 fully saturated rings. The lowest BCUT2D eigenvalue weighted by Crippen LogP contribution is -2.28. The zero-order valence-corrected chi connectivity index (χ0v) is 13.6. The van der Waals surface area contributed by atoms with Crippen LogP contribution in [-0.2, 0) is 26.6 Å². The van der Waals surface area contributed by atoms with Gasteiger partial charge >= 0.3 is 0 Å². The van der Waals surface area contributed by atoms with E-state index in [0.717, 1.165) is 30.9 Å². The van der Waals surface area contributed by atoms with Gasteiger partial charge in [0.1, 0.15) is 5.69 Å². The number of hydrogen-bond acceptors (Lipinski definition) is 4. The van der Waals surface area contributed by atoms with Crippen molar-refractivity contribution in [1.29, 1.82) is 0 Å². The van der Waals surface area contributed by atoms with Gasteiger partial charge in [0, 0.05) is 49.4 Å². The minimum Gasteiger partial charge on any atom is -0.345 e. The average Bonchev–Trinajstić information content (AvgIpc) is 3.18. The van der Waals surface area contributed by atoms with Crippen LogP contribution in [0.2, 0.25) is 0 Å². The summed E-state index contributed by atoms with van der Waals surface area (Å²) in [5.74, 6) is 0.430. The highest BCUT2D eigenvalue weighted by atomic mass is 16.1. The minimum absolute atomic E-state index is 0.142. The van der Waals surface area contributed by atoms with E-state index in [0.29, 0.717) is 18.2 Å². The quantitative estimate of drug-likeness (QED) is 0.880. The SMILES string of the molecule is CN1CCc2c(c(CNC(=O)c3cc(C4CC4)[nH]n3)nn2C)C1. The number of rotatable bonds is 4. The molecule has 1 saturated carbocycles. The molecule has 1 aliphatic carbocycles. The topological polar surface area (TPSA) is 78.8 Å². The van der Waals surface area contributed by atoms with Crippen LogP contribution in [-0.4, -0.2) is 44.4 Å². The first-order chi connectivity index (χ1) is 11.1. The number of likely N-dealkylation sites (N-methyl/N-ethyl adjacent to an activating group) is 1. The van der Waals surface area contributed by atoms with Gasteiger partial charge in [-0.1, -0.05) is 0 Å². The van der Waals surface area contributed by atoms with Gasteiger partial charge < -0.3 is 10.2 Å². The van der Waals surface area contributed by atoms with E-state index in [1.54, 1.807) is 0 Å². The molecule has 3 heterocycles. The molecule has 2 aromatic rings. The number of hydrogen-bond donors (Lipinski definition) is 2. The molecular formula is C16H22N6O. The van der Waals surface area contributed by atoms with Crippen molar-refractivity contribution in [1.82, 2.24) is 30.2 Å². The molecule has 2 aliphatic rings. The standard InChI is InChI=1S/C16H22N6O/c1-21-6-5-15-11(9-21)14(20-22(15)2)8-17-16(23)13-7-12(18-19-13)10-3-4-10/h7,10H,3-6,8-9H2,1-2H3,(H,17,23)(H,18,19). The van der Waals surface area contributed by atoms with E-state index in [1.165, 1.54) is 24.1 Å². The van der Waals surface area contributed by atoms with E-state index < -0.39 is 0 Å². The molecule has 1 amide bonds. The third-order valence-corrected chi connectivity index (χ3v) is 4.78. The maximum atomic E-state index is 12.3. The average molecular weight is 314 g/mol. The van der Waals surface area contributed by atoms with Crippen molar-refractivity contribution in [2.75, 3.05) is 13.6 Å². The minimum atomic E-state index is -0.142. The summed E-state index contributed by atoms with van der Waals surface area (Å²) >= 11 is 0. The van der Waals surface area contributed by atoms with Crippen LogP contribution in [0.5, 0.6) is 0 Å². The lowest BCUT2D eigenvalue weighted by molar-refractivity contribution is 0.0945. The molecule has 0 radical (unpaired) electrons. The lowest BCUT2D eigenvalue weighted by atomic mass is 10.1. The Kier molecular flexibility index (Phi) is 3.45. The van der Waals surface area contributed by atoms with Crippen LogP contribution in [0.15, 0.2) is 6.07 Å². The van der Waals surface area contributed by atoms with Crippen molar-refractivity contribution in [2.24, 2.45) is 7.05 Å². The van der Waals surface area contributed by atoms with Gasteiger partial charge in [0.05, 0.1) is 12.2 Å². The van der Waals surface area contributed by atoms with E-state index in [-0.39, 0.29) is 5.91 Å². The molecular weight excluding hydrogens is 292 g/mol. The van der Waals surface area contributed by atoms with E-state index in [4.69, 9.17) is 0 Å². The van der Waals surface area contributed by atoms with E-state index in [9.17, 15) is 4.79 Å². The van der Waals surface area contributed by atoms with Crippen LogP contribution >= 0.6 is 0 Å². The molecule has 2 aromatic heterocycles. The number of carbonyl (C=O) groups is 1. The molecule has 122 valence electrons. The highest BCUT2D eigenvalue weighted by molar-refractivity contribution is 5.92. The van der Waals surface area contributed by atoms with Crippen molar-refractivity contribution < 1.29 is 4.79 Å². The Morgan fingerprint density at radius 3 is 3.04 bits per heavy atom. The Morgan fingerprint density at radius 1 is 1.43 bits per heavy atom. The summed E-state index contributed by atoms with van der Waals surface area (Å²) in [5.41, 5.74) is 5.03. The fourth-order valence-corrected chi connectivity index (χ4v) is 3.26. The Labute approximate surface area is 135 Å². The summed E-state index contributed by atoms with van der Waals surface area (Å²) < 4.78 is 1.95. The van der Waals surface area contributed by atoms with Gasteiger partial charge in [-0.2, -0.15) is 10.2 Å². The summed E-state index contributed by atoms with van der Waals surface area (Å²) in [6.45, 7) is 2.39. The Balaban J connectivity index is 1.45. The fourth-order valence-electron chi connectivity index (χ4n) is 3.26. The molecule has 0 spiro atoms. The molecule has 2 N–H and O–H groups in total. The first kappa shape index (κ1) is 14.4. The van der Waals surface area contributed by atoms with Gasteiger partial charge in [0.15, 0.2) is 0 Å². The third kappa shape index (κ3) is 2.76. The summed E-state index contributed by atoms with van der Waals surface area (Å²) in [7, 11) is 4.09. The number of nitrogens with zero attached hydrogens (tertiary/aromatic N) is 4. The van der Waals surface area contributed by atoms with Crippen LogP contribution in [0.1, 0.15) is 51.9 Å². The van der Waals surface area contributed by atoms with Gasteiger partial charge in [-0.05, 0) is 26.0 Å². The number of aromatic nitrogens is 4. The molecule has 0 atom stereocenters. The molecule has 0 aromatic carbocycles. The maximum Gasteiger partial charge on any atom is 0.272 e. The van der Waals surface area contributed by atoms with E-state index >= 15 is 0 Å². The van der Waals surface area contributed by atoms with Crippen LogP contribution in [0.25, 0.3) is 0 Å². The summed E-state index contributed by atoms with van der Waals surface area (Å²) in [6.07, 6.45) is 3.39. The first-order valence-electron chi connectivity index (χ1n) is 8.17. The number of carbonyl (C=O) groups excluding carboxylic acids is 1. The predicted octanol–water partition coefficient (Wildman–Crippen LogP) is 0.938. The molecule has 23 heavy (non-hydrogen) atoms. The molecule has 0 saturated heterocycles. The van der Waals surface area contributed by atoms with Crippen LogP contribution < -0.4 is 5.32 Å². The van der Waals surface area contributed by atoms with Gasteiger partial charge in [-0.3, -0.25) is 14.6 Å². The molecule has 4 rings (SSSR count). The van der Waals surface area contributed by atoms with E-state index in [1.807, 2.05) is 17.8 Å². The molecule has 7 nitrogen and oxygen atoms in total. The second-order valence-corrected chi connectivity index (χ2v) is 6.65. The summed E-state index contributed by atoms with van der Waals surface area (Å²) in [6, 6.07) is 1.87. The number of fused-ring (bicyclic) bond motifs is 1. The normalized spacial score (nSPS) is 18.0. The van der Waals surface area contributed by atoms with Crippen molar-refractivity contribution in [3.05, 3.63) is 34.4 Å². The maximum absolute atomic E-state index is 12.3. The van der Waals surface area contributed by atoms with Gasteiger partial charge in [-0.15, -0.1) is 0 Å². The number of H-pyrrole nitrogens is 1. The lowest BCUT2D eigenvalue weighted by Gasteiger charge is -2.23. The summed E-state index contributed by atoms with van der Waals surface area (Å²) in [4.78, 5) is 14.6. The number of amides is 1. The van der Waals surface area contributed by atoms with E-state index in [2.05, 4.69) is 32.6 Å². The monoisotopic (exact) mass is 314 g/mol. The van der Waals surface area contributed by atoms with Crippen molar-refractivity contribution >= 4 is 5.91 Å². The molecule has 0 bridgehead atoms. The van der Waals surface area contributed by atoms with Crippen LogP contribution in [0.4, 0.5) is 0 Å². The summed E-state index contributed by atoms with van der Waals surface area (Å²) in [5, 5.41) is 14.6. The molecule has 1 aliphatic heterocycles. The number of aromatic amines is 1. The second kappa shape index (κ2) is 5.49.